The fourth-order valence-electron chi connectivity index (χ4n) is 2.92. The molecule has 3 rings (SSSR count). The number of carbonyl (C=O) groups is 1. The van der Waals surface area contributed by atoms with Crippen molar-refractivity contribution in [1.82, 2.24) is 15.3 Å². The fraction of sp³-hybridized carbons (Fsp3) is 0.643. The number of anilines is 2. The van der Waals surface area contributed by atoms with Crippen LogP contribution in [0.15, 0.2) is 6.07 Å². The molecule has 0 aliphatic carbocycles. The second kappa shape index (κ2) is 5.51. The lowest BCUT2D eigenvalue weighted by atomic mass is 9.93. The number of rotatable bonds is 3. The Morgan fingerprint density at radius 1 is 1.50 bits per heavy atom. The van der Waals surface area contributed by atoms with Crippen molar-refractivity contribution in [3.05, 3.63) is 6.07 Å². The maximum absolute atomic E-state index is 11.4. The van der Waals surface area contributed by atoms with E-state index >= 15 is 0 Å². The van der Waals surface area contributed by atoms with Crippen molar-refractivity contribution in [3.63, 3.8) is 0 Å². The maximum Gasteiger partial charge on any atom is 0.407 e. The topological polar surface area (TPSA) is 103 Å². The molecule has 2 aliphatic rings. The molecule has 0 aromatic carbocycles. The van der Waals surface area contributed by atoms with Gasteiger partial charge in [-0.2, -0.15) is 9.97 Å². The van der Waals surface area contributed by atoms with E-state index in [2.05, 4.69) is 20.2 Å². The first-order valence-corrected chi connectivity index (χ1v) is 7.49. The van der Waals surface area contributed by atoms with E-state index < -0.39 is 5.60 Å². The smallest absolute Gasteiger partial charge is 0.407 e. The summed E-state index contributed by atoms with van der Waals surface area (Å²) in [4.78, 5) is 21.8. The zero-order chi connectivity index (χ0) is 15.7. The van der Waals surface area contributed by atoms with Gasteiger partial charge in [-0.05, 0) is 26.7 Å². The van der Waals surface area contributed by atoms with Crippen LogP contribution >= 0.6 is 0 Å². The quantitative estimate of drug-likeness (QED) is 0.856. The maximum atomic E-state index is 11.4. The van der Waals surface area contributed by atoms with Crippen LogP contribution in [0.5, 0.6) is 5.88 Å². The third-order valence-corrected chi connectivity index (χ3v) is 3.79. The Morgan fingerprint density at radius 3 is 3.00 bits per heavy atom. The molecule has 22 heavy (non-hydrogen) atoms. The summed E-state index contributed by atoms with van der Waals surface area (Å²) in [6, 6.07) is 1.78. The Morgan fingerprint density at radius 2 is 2.32 bits per heavy atom. The van der Waals surface area contributed by atoms with E-state index in [0.29, 0.717) is 24.8 Å². The molecule has 3 N–H and O–H groups in total. The summed E-state index contributed by atoms with van der Waals surface area (Å²) >= 11 is 0. The van der Waals surface area contributed by atoms with Gasteiger partial charge in [-0.25, -0.2) is 4.79 Å². The van der Waals surface area contributed by atoms with Crippen LogP contribution < -0.4 is 20.7 Å². The van der Waals surface area contributed by atoms with Crippen molar-refractivity contribution in [1.29, 1.82) is 0 Å². The second-order valence-electron chi connectivity index (χ2n) is 6.04. The van der Waals surface area contributed by atoms with Crippen LogP contribution in [0.2, 0.25) is 0 Å². The van der Waals surface area contributed by atoms with Crippen LogP contribution in [0, 0.1) is 0 Å². The standard InChI is InChI=1S/C14H21N5O3/c1-9(2)21-11-6-10(17-12(15)18-11)19-5-3-4-14(8-19)7-16-13(20)22-14/h6,9H,3-5,7-8H2,1-2H3,(H,16,20)(H2,15,17,18)/t14-/m1/s1. The second-order valence-corrected chi connectivity index (χ2v) is 6.04. The number of hydrogen-bond donors (Lipinski definition) is 2. The molecule has 1 aromatic heterocycles. The molecule has 8 nitrogen and oxygen atoms in total. The third kappa shape index (κ3) is 3.00. The highest BCUT2D eigenvalue weighted by atomic mass is 16.6. The molecule has 1 aromatic rings. The lowest BCUT2D eigenvalue weighted by Crippen LogP contribution is -2.50. The van der Waals surface area contributed by atoms with Crippen molar-refractivity contribution in [2.75, 3.05) is 30.3 Å². The average molecular weight is 307 g/mol. The van der Waals surface area contributed by atoms with Gasteiger partial charge in [0.2, 0.25) is 11.8 Å². The van der Waals surface area contributed by atoms with E-state index in [9.17, 15) is 4.79 Å². The number of alkyl carbamates (subject to hydrolysis) is 1. The van der Waals surface area contributed by atoms with Gasteiger partial charge in [0.05, 0.1) is 19.2 Å². The predicted octanol–water partition coefficient (Wildman–Crippen LogP) is 0.925. The molecule has 2 aliphatic heterocycles. The number of nitrogens with two attached hydrogens (primary N) is 1. The number of carbonyl (C=O) groups excluding carboxylic acids is 1. The Hall–Kier alpha value is -2.25. The van der Waals surface area contributed by atoms with Gasteiger partial charge in [-0.15, -0.1) is 0 Å². The molecule has 8 heteroatoms. The highest BCUT2D eigenvalue weighted by Gasteiger charge is 2.44. The molecule has 0 unspecified atom stereocenters. The summed E-state index contributed by atoms with van der Waals surface area (Å²) in [5, 5.41) is 2.73. The molecule has 2 saturated heterocycles. The number of piperidine rings is 1. The van der Waals surface area contributed by atoms with Crippen LogP contribution in [-0.2, 0) is 4.74 Å². The van der Waals surface area contributed by atoms with E-state index in [-0.39, 0.29) is 18.1 Å². The minimum absolute atomic E-state index is 0.00911. The van der Waals surface area contributed by atoms with Crippen molar-refractivity contribution in [3.8, 4) is 5.88 Å². The number of nitrogen functional groups attached to an aromatic ring is 1. The number of aromatic nitrogens is 2. The van der Waals surface area contributed by atoms with E-state index in [4.69, 9.17) is 15.2 Å². The van der Waals surface area contributed by atoms with E-state index in [0.717, 1.165) is 19.4 Å². The summed E-state index contributed by atoms with van der Waals surface area (Å²) in [6.45, 7) is 5.80. The SMILES string of the molecule is CC(C)Oc1cc(N2CCC[C@@]3(CNC(=O)O3)C2)nc(N)n1. The zero-order valence-corrected chi connectivity index (χ0v) is 12.8. The van der Waals surface area contributed by atoms with Crippen LogP contribution in [0.25, 0.3) is 0 Å². The molecular weight excluding hydrogens is 286 g/mol. The van der Waals surface area contributed by atoms with E-state index in [1.165, 1.54) is 0 Å². The lowest BCUT2D eigenvalue weighted by molar-refractivity contribution is 0.0445. The highest BCUT2D eigenvalue weighted by Crippen LogP contribution is 2.31. The van der Waals surface area contributed by atoms with Crippen molar-refractivity contribution in [2.45, 2.75) is 38.4 Å². The van der Waals surface area contributed by atoms with Crippen molar-refractivity contribution < 1.29 is 14.3 Å². The first-order chi connectivity index (χ1) is 10.5. The number of ether oxygens (including phenoxy) is 2. The first-order valence-electron chi connectivity index (χ1n) is 7.49. The molecule has 0 bridgehead atoms. The first kappa shape index (κ1) is 14.7. The number of amides is 1. The summed E-state index contributed by atoms with van der Waals surface area (Å²) in [5.41, 5.74) is 5.30. The van der Waals surface area contributed by atoms with Crippen molar-refractivity contribution >= 4 is 17.9 Å². The van der Waals surface area contributed by atoms with Gasteiger partial charge in [-0.1, -0.05) is 0 Å². The summed E-state index contributed by atoms with van der Waals surface area (Å²) in [7, 11) is 0. The van der Waals surface area contributed by atoms with Crippen molar-refractivity contribution in [2.24, 2.45) is 0 Å². The lowest BCUT2D eigenvalue weighted by Gasteiger charge is -2.38. The molecule has 1 amide bonds. The van der Waals surface area contributed by atoms with Gasteiger partial charge >= 0.3 is 6.09 Å². The third-order valence-electron chi connectivity index (χ3n) is 3.79. The van der Waals surface area contributed by atoms with E-state index in [1.54, 1.807) is 6.07 Å². The van der Waals surface area contributed by atoms with E-state index in [1.807, 2.05) is 13.8 Å². The predicted molar refractivity (Wildman–Crippen MR) is 80.9 cm³/mol. The van der Waals surface area contributed by atoms with Gasteiger partial charge in [-0.3, -0.25) is 0 Å². The van der Waals surface area contributed by atoms with Gasteiger partial charge in [0.15, 0.2) is 0 Å². The van der Waals surface area contributed by atoms with Gasteiger partial charge in [0.1, 0.15) is 11.4 Å². The van der Waals surface area contributed by atoms with Crippen LogP contribution in [0.4, 0.5) is 16.6 Å². The summed E-state index contributed by atoms with van der Waals surface area (Å²) < 4.78 is 11.1. The zero-order valence-electron chi connectivity index (χ0n) is 12.8. The average Bonchev–Trinajstić information content (AvgIpc) is 2.78. The van der Waals surface area contributed by atoms with Gasteiger partial charge in [0.25, 0.3) is 0 Å². The molecule has 120 valence electrons. The Balaban J connectivity index is 1.81. The highest BCUT2D eigenvalue weighted by molar-refractivity contribution is 5.70. The molecule has 3 heterocycles. The number of nitrogens with zero attached hydrogens (tertiary/aromatic N) is 3. The van der Waals surface area contributed by atoms with Gasteiger partial charge < -0.3 is 25.4 Å². The molecule has 1 atom stereocenters. The summed E-state index contributed by atoms with van der Waals surface area (Å²) in [6.07, 6.45) is 1.42. The summed E-state index contributed by atoms with van der Waals surface area (Å²) in [5.74, 6) is 1.33. The van der Waals surface area contributed by atoms with Crippen LogP contribution in [0.3, 0.4) is 0 Å². The minimum atomic E-state index is -0.478. The Kier molecular flexibility index (Phi) is 3.67. The Labute approximate surface area is 129 Å². The molecule has 1 spiro atoms. The number of nitrogens with one attached hydrogen (secondary N) is 1. The van der Waals surface area contributed by atoms with Crippen LogP contribution in [-0.4, -0.2) is 47.4 Å². The molecule has 0 radical (unpaired) electrons. The van der Waals surface area contributed by atoms with Gasteiger partial charge in [0, 0.05) is 12.6 Å². The largest absolute Gasteiger partial charge is 0.475 e. The molecular formula is C14H21N5O3. The molecule has 0 saturated carbocycles. The Bertz CT molecular complexity index is 580. The monoisotopic (exact) mass is 307 g/mol. The normalized spacial score (nSPS) is 24.5. The van der Waals surface area contributed by atoms with Crippen LogP contribution in [0.1, 0.15) is 26.7 Å². The minimum Gasteiger partial charge on any atom is -0.475 e. The fourth-order valence-corrected chi connectivity index (χ4v) is 2.92. The molecule has 2 fully saturated rings. The number of hydrogen-bond acceptors (Lipinski definition) is 7.